The first-order chi connectivity index (χ1) is 11.2. The Morgan fingerprint density at radius 3 is 2.57 bits per heavy atom. The van der Waals surface area contributed by atoms with E-state index in [2.05, 4.69) is 0 Å². The van der Waals surface area contributed by atoms with Crippen LogP contribution in [-0.4, -0.2) is 23.3 Å². The summed E-state index contributed by atoms with van der Waals surface area (Å²) in [5, 5.41) is 0. The summed E-state index contributed by atoms with van der Waals surface area (Å²) in [4.78, 5) is 24.2. The van der Waals surface area contributed by atoms with Crippen LogP contribution in [0.3, 0.4) is 0 Å². The van der Waals surface area contributed by atoms with Gasteiger partial charge in [0.1, 0.15) is 0 Å². The van der Waals surface area contributed by atoms with Crippen LogP contribution in [0.25, 0.3) is 16.6 Å². The average Bonchev–Trinajstić information content (AvgIpc) is 2.90. The molecule has 23 heavy (non-hydrogen) atoms. The lowest BCUT2D eigenvalue weighted by Crippen LogP contribution is -2.05. The third-order valence-electron chi connectivity index (χ3n) is 3.81. The number of hydrogen-bond acceptors (Lipinski definition) is 3. The molecule has 0 aliphatic carbocycles. The van der Waals surface area contributed by atoms with Gasteiger partial charge in [0.05, 0.1) is 23.4 Å². The molecule has 0 saturated carbocycles. The first-order valence-corrected chi connectivity index (χ1v) is 7.49. The van der Waals surface area contributed by atoms with Gasteiger partial charge in [-0.15, -0.1) is 0 Å². The van der Waals surface area contributed by atoms with Crippen molar-refractivity contribution in [3.63, 3.8) is 0 Å². The minimum atomic E-state index is -0.417. The number of hydrogen-bond donors (Lipinski definition) is 0. The molecule has 0 unspecified atom stereocenters. The summed E-state index contributed by atoms with van der Waals surface area (Å²) in [7, 11) is 0. The van der Waals surface area contributed by atoms with E-state index in [0.29, 0.717) is 22.3 Å². The molecule has 0 radical (unpaired) electrons. The summed E-state index contributed by atoms with van der Waals surface area (Å²) in [6.07, 6.45) is 2.56. The monoisotopic (exact) mass is 307 g/mol. The lowest BCUT2D eigenvalue weighted by Gasteiger charge is -2.06. The van der Waals surface area contributed by atoms with Crippen molar-refractivity contribution < 1.29 is 14.3 Å². The molecule has 0 aliphatic rings. The molecule has 0 fully saturated rings. The fourth-order valence-electron chi connectivity index (χ4n) is 2.77. The molecule has 2 aromatic heterocycles. The molecule has 3 rings (SSSR count). The number of esters is 1. The van der Waals surface area contributed by atoms with Gasteiger partial charge in [-0.05, 0) is 31.5 Å². The van der Waals surface area contributed by atoms with E-state index in [9.17, 15) is 9.59 Å². The van der Waals surface area contributed by atoms with Crippen molar-refractivity contribution >= 4 is 17.8 Å². The highest BCUT2D eigenvalue weighted by atomic mass is 16.5. The van der Waals surface area contributed by atoms with E-state index < -0.39 is 5.97 Å². The van der Waals surface area contributed by atoms with Gasteiger partial charge in [-0.1, -0.05) is 35.9 Å². The molecular formula is C19H17NO3. The normalized spacial score (nSPS) is 10.7. The highest BCUT2D eigenvalue weighted by Crippen LogP contribution is 2.33. The van der Waals surface area contributed by atoms with E-state index in [4.69, 9.17) is 4.74 Å². The van der Waals surface area contributed by atoms with Crippen LogP contribution in [-0.2, 0) is 4.74 Å². The average molecular weight is 307 g/mol. The van der Waals surface area contributed by atoms with Crippen molar-refractivity contribution in [2.45, 2.75) is 13.8 Å². The van der Waals surface area contributed by atoms with Gasteiger partial charge in [0, 0.05) is 11.8 Å². The van der Waals surface area contributed by atoms with E-state index >= 15 is 0 Å². The van der Waals surface area contributed by atoms with E-state index in [1.807, 2.05) is 49.4 Å². The number of nitrogens with zero attached hydrogens (tertiary/aromatic N) is 1. The topological polar surface area (TPSA) is 47.8 Å². The predicted molar refractivity (Wildman–Crippen MR) is 88.9 cm³/mol. The quantitative estimate of drug-likeness (QED) is 0.542. The van der Waals surface area contributed by atoms with Gasteiger partial charge in [0.25, 0.3) is 0 Å². The molecule has 1 aromatic carbocycles. The van der Waals surface area contributed by atoms with Gasteiger partial charge in [0.2, 0.25) is 0 Å². The molecule has 4 heteroatoms. The molecule has 0 aliphatic heterocycles. The first-order valence-electron chi connectivity index (χ1n) is 7.49. The summed E-state index contributed by atoms with van der Waals surface area (Å²) in [6, 6.07) is 13.2. The maximum absolute atomic E-state index is 12.5. The fraction of sp³-hybridized carbons (Fsp3) is 0.158. The second-order valence-electron chi connectivity index (χ2n) is 5.30. The molecule has 0 bridgehead atoms. The zero-order chi connectivity index (χ0) is 16.4. The van der Waals surface area contributed by atoms with Crippen LogP contribution in [0.2, 0.25) is 0 Å². The minimum absolute atomic E-state index is 0.284. The zero-order valence-corrected chi connectivity index (χ0v) is 13.1. The third kappa shape index (κ3) is 2.52. The van der Waals surface area contributed by atoms with Gasteiger partial charge in [0.15, 0.2) is 6.29 Å². The standard InChI is InChI=1S/C19H17NO3/c1-3-23-19(22)18-15-6-4-5-11-20(15)16(12-21)17(18)14-9-7-13(2)8-10-14/h4-12H,3H2,1-2H3. The summed E-state index contributed by atoms with van der Waals surface area (Å²) >= 11 is 0. The number of carbonyl (C=O) groups is 2. The lowest BCUT2D eigenvalue weighted by molar-refractivity contribution is 0.0529. The third-order valence-corrected chi connectivity index (χ3v) is 3.81. The Labute approximate surface area is 134 Å². The van der Waals surface area contributed by atoms with Gasteiger partial charge >= 0.3 is 5.97 Å². The van der Waals surface area contributed by atoms with E-state index in [0.717, 1.165) is 17.4 Å². The van der Waals surface area contributed by atoms with E-state index in [1.54, 1.807) is 17.5 Å². The molecule has 0 amide bonds. The van der Waals surface area contributed by atoms with Crippen molar-refractivity contribution in [1.82, 2.24) is 4.40 Å². The Kier molecular flexibility index (Phi) is 3.98. The molecule has 0 saturated heterocycles. The van der Waals surface area contributed by atoms with Crippen molar-refractivity contribution in [1.29, 1.82) is 0 Å². The molecule has 3 aromatic rings. The number of ether oxygens (including phenoxy) is 1. The Hall–Kier alpha value is -2.88. The summed E-state index contributed by atoms with van der Waals surface area (Å²) in [6.45, 7) is 4.04. The number of aldehydes is 1. The number of pyridine rings is 1. The minimum Gasteiger partial charge on any atom is -0.462 e. The van der Waals surface area contributed by atoms with Crippen molar-refractivity contribution in [3.8, 4) is 11.1 Å². The van der Waals surface area contributed by atoms with Gasteiger partial charge in [-0.2, -0.15) is 0 Å². The van der Waals surface area contributed by atoms with Crippen LogP contribution in [0.4, 0.5) is 0 Å². The zero-order valence-electron chi connectivity index (χ0n) is 13.1. The molecule has 0 atom stereocenters. The molecule has 116 valence electrons. The Bertz CT molecular complexity index is 876. The SMILES string of the molecule is CCOC(=O)c1c(-c2ccc(C)cc2)c(C=O)n2ccccc12. The highest BCUT2D eigenvalue weighted by Gasteiger charge is 2.24. The van der Waals surface area contributed by atoms with Crippen molar-refractivity contribution in [3.05, 3.63) is 65.5 Å². The Balaban J connectivity index is 2.37. The Morgan fingerprint density at radius 1 is 1.17 bits per heavy atom. The van der Waals surface area contributed by atoms with Crippen LogP contribution in [0.5, 0.6) is 0 Å². The molecule has 0 spiro atoms. The van der Waals surface area contributed by atoms with Crippen LogP contribution in [0.1, 0.15) is 33.3 Å². The van der Waals surface area contributed by atoms with Crippen LogP contribution < -0.4 is 0 Å². The van der Waals surface area contributed by atoms with Crippen LogP contribution in [0, 0.1) is 6.92 Å². The number of carbonyl (C=O) groups excluding carboxylic acids is 2. The Morgan fingerprint density at radius 2 is 1.91 bits per heavy atom. The van der Waals surface area contributed by atoms with E-state index in [1.165, 1.54) is 0 Å². The number of fused-ring (bicyclic) bond motifs is 1. The lowest BCUT2D eigenvalue weighted by atomic mass is 10.00. The molecule has 4 nitrogen and oxygen atoms in total. The largest absolute Gasteiger partial charge is 0.462 e. The summed E-state index contributed by atoms with van der Waals surface area (Å²) in [5.74, 6) is -0.417. The number of aryl methyl sites for hydroxylation is 1. The number of rotatable bonds is 4. The van der Waals surface area contributed by atoms with Gasteiger partial charge in [-0.25, -0.2) is 4.79 Å². The first kappa shape index (κ1) is 15.0. The molecule has 0 N–H and O–H groups in total. The fourth-order valence-corrected chi connectivity index (χ4v) is 2.77. The maximum Gasteiger partial charge on any atom is 0.340 e. The second kappa shape index (κ2) is 6.08. The van der Waals surface area contributed by atoms with Gasteiger partial charge < -0.3 is 9.14 Å². The predicted octanol–water partition coefficient (Wildman–Crippen LogP) is 3.90. The molecular weight excluding hydrogens is 290 g/mol. The van der Waals surface area contributed by atoms with Crippen LogP contribution in [0.15, 0.2) is 48.7 Å². The summed E-state index contributed by atoms with van der Waals surface area (Å²) < 4.78 is 6.94. The van der Waals surface area contributed by atoms with Crippen LogP contribution >= 0.6 is 0 Å². The smallest absolute Gasteiger partial charge is 0.340 e. The highest BCUT2D eigenvalue weighted by molar-refractivity contribution is 6.09. The number of aromatic nitrogens is 1. The molecule has 2 heterocycles. The van der Waals surface area contributed by atoms with Crippen molar-refractivity contribution in [2.24, 2.45) is 0 Å². The second-order valence-corrected chi connectivity index (χ2v) is 5.30. The summed E-state index contributed by atoms with van der Waals surface area (Å²) in [5.41, 5.74) is 4.10. The van der Waals surface area contributed by atoms with Gasteiger partial charge in [-0.3, -0.25) is 4.79 Å². The maximum atomic E-state index is 12.5. The van der Waals surface area contributed by atoms with Crippen molar-refractivity contribution in [2.75, 3.05) is 6.61 Å². The number of benzene rings is 1. The van der Waals surface area contributed by atoms with E-state index in [-0.39, 0.29) is 6.61 Å².